The smallest absolute Gasteiger partial charge is 0.270 e. The maximum atomic E-state index is 12.0. The predicted octanol–water partition coefficient (Wildman–Crippen LogP) is 3.68. The van der Waals surface area contributed by atoms with Crippen LogP contribution >= 0.6 is 11.8 Å². The topological polar surface area (TPSA) is 72.2 Å². The molecule has 0 aromatic heterocycles. The molecule has 0 spiro atoms. The summed E-state index contributed by atoms with van der Waals surface area (Å²) in [4.78, 5) is 23.8. The Hall–Kier alpha value is -2.60. The van der Waals surface area contributed by atoms with Crippen molar-refractivity contribution < 1.29 is 9.72 Å². The summed E-state index contributed by atoms with van der Waals surface area (Å²) < 4.78 is 0. The third kappa shape index (κ3) is 2.80. The summed E-state index contributed by atoms with van der Waals surface area (Å²) >= 11 is 1.35. The van der Waals surface area contributed by atoms with E-state index in [-0.39, 0.29) is 11.6 Å². The molecule has 0 saturated heterocycles. The highest BCUT2D eigenvalue weighted by Gasteiger charge is 2.20. The first-order chi connectivity index (χ1) is 10.1. The second kappa shape index (κ2) is 5.41. The Morgan fingerprint density at radius 3 is 2.76 bits per heavy atom. The second-order valence-corrected chi connectivity index (χ2v) is 5.50. The van der Waals surface area contributed by atoms with E-state index < -0.39 is 4.92 Å². The molecular weight excluding hydrogens is 288 g/mol. The predicted molar refractivity (Wildman–Crippen MR) is 82.0 cm³/mol. The molecule has 2 aromatic carbocycles. The molecule has 3 rings (SSSR count). The van der Waals surface area contributed by atoms with E-state index in [0.29, 0.717) is 10.5 Å². The van der Waals surface area contributed by atoms with Crippen LogP contribution in [0.4, 0.5) is 11.4 Å². The van der Waals surface area contributed by atoms with E-state index in [2.05, 4.69) is 5.32 Å². The molecule has 0 unspecified atom stereocenters. The van der Waals surface area contributed by atoms with Crippen LogP contribution in [0.5, 0.6) is 0 Å². The highest BCUT2D eigenvalue weighted by Crippen LogP contribution is 2.38. The lowest BCUT2D eigenvalue weighted by atomic mass is 10.2. The zero-order valence-corrected chi connectivity index (χ0v) is 11.6. The number of non-ortho nitro benzene ring substituents is 1. The zero-order valence-electron chi connectivity index (χ0n) is 10.8. The molecule has 0 atom stereocenters. The van der Waals surface area contributed by atoms with Crippen LogP contribution in [0, 0.1) is 10.1 Å². The van der Waals surface area contributed by atoms with Gasteiger partial charge in [0.25, 0.3) is 11.6 Å². The number of fused-ring (bicyclic) bond motifs is 1. The number of carbonyl (C=O) groups is 1. The molecular formula is C15H10N2O3S. The van der Waals surface area contributed by atoms with Crippen molar-refractivity contribution in [2.75, 3.05) is 5.32 Å². The van der Waals surface area contributed by atoms with Gasteiger partial charge in [-0.3, -0.25) is 14.9 Å². The van der Waals surface area contributed by atoms with Gasteiger partial charge in [0.15, 0.2) is 0 Å². The van der Waals surface area contributed by atoms with Crippen LogP contribution in [0.3, 0.4) is 0 Å². The average Bonchev–Trinajstić information content (AvgIpc) is 2.48. The van der Waals surface area contributed by atoms with Gasteiger partial charge < -0.3 is 5.32 Å². The number of hydrogen-bond acceptors (Lipinski definition) is 4. The monoisotopic (exact) mass is 298 g/mol. The van der Waals surface area contributed by atoms with Crippen LogP contribution < -0.4 is 5.32 Å². The van der Waals surface area contributed by atoms with Gasteiger partial charge in [-0.25, -0.2) is 0 Å². The first-order valence-corrected chi connectivity index (χ1v) is 6.99. The molecule has 0 radical (unpaired) electrons. The molecule has 0 saturated carbocycles. The van der Waals surface area contributed by atoms with Crippen LogP contribution in [-0.4, -0.2) is 10.8 Å². The third-order valence-corrected chi connectivity index (χ3v) is 4.06. The fourth-order valence-corrected chi connectivity index (χ4v) is 2.93. The first kappa shape index (κ1) is 13.4. The van der Waals surface area contributed by atoms with E-state index in [1.54, 1.807) is 18.2 Å². The van der Waals surface area contributed by atoms with E-state index in [1.165, 1.54) is 23.9 Å². The molecule has 5 nitrogen and oxygen atoms in total. The quantitative estimate of drug-likeness (QED) is 0.521. The average molecular weight is 298 g/mol. The van der Waals surface area contributed by atoms with Crippen LogP contribution in [0.15, 0.2) is 58.3 Å². The Balaban J connectivity index is 1.95. The van der Waals surface area contributed by atoms with Crippen molar-refractivity contribution in [3.63, 3.8) is 0 Å². The van der Waals surface area contributed by atoms with E-state index in [1.807, 2.05) is 24.3 Å². The van der Waals surface area contributed by atoms with Crippen molar-refractivity contribution in [2.24, 2.45) is 0 Å². The van der Waals surface area contributed by atoms with Crippen molar-refractivity contribution in [3.8, 4) is 0 Å². The number of carbonyl (C=O) groups excluding carboxylic acids is 1. The molecule has 1 amide bonds. The van der Waals surface area contributed by atoms with Crippen LogP contribution in [0.25, 0.3) is 6.08 Å². The van der Waals surface area contributed by atoms with Crippen molar-refractivity contribution in [1.29, 1.82) is 0 Å². The van der Waals surface area contributed by atoms with Gasteiger partial charge in [-0.2, -0.15) is 0 Å². The van der Waals surface area contributed by atoms with E-state index in [9.17, 15) is 14.9 Å². The van der Waals surface area contributed by atoms with Crippen LogP contribution in [-0.2, 0) is 4.79 Å². The van der Waals surface area contributed by atoms with Gasteiger partial charge in [0, 0.05) is 17.0 Å². The number of hydrogen-bond donors (Lipinski definition) is 1. The normalized spacial score (nSPS) is 15.4. The number of nitrogens with one attached hydrogen (secondary N) is 1. The lowest BCUT2D eigenvalue weighted by Gasteiger charge is -2.18. The number of anilines is 1. The van der Waals surface area contributed by atoms with Crippen LogP contribution in [0.2, 0.25) is 0 Å². The fourth-order valence-electron chi connectivity index (χ4n) is 1.98. The summed E-state index contributed by atoms with van der Waals surface area (Å²) in [6.45, 7) is 0. The number of amides is 1. The third-order valence-electron chi connectivity index (χ3n) is 2.96. The maximum Gasteiger partial charge on any atom is 0.270 e. The van der Waals surface area contributed by atoms with Gasteiger partial charge in [-0.1, -0.05) is 36.0 Å². The lowest BCUT2D eigenvalue weighted by Crippen LogP contribution is -2.17. The summed E-state index contributed by atoms with van der Waals surface area (Å²) in [5, 5.41) is 13.6. The number of thioether (sulfide) groups is 1. The van der Waals surface area contributed by atoms with Crippen molar-refractivity contribution >= 4 is 35.1 Å². The van der Waals surface area contributed by atoms with E-state index >= 15 is 0 Å². The molecule has 1 N–H and O–H groups in total. The van der Waals surface area contributed by atoms with Gasteiger partial charge in [0.2, 0.25) is 0 Å². The Morgan fingerprint density at radius 1 is 1.14 bits per heavy atom. The number of para-hydroxylation sites is 1. The van der Waals surface area contributed by atoms with Crippen molar-refractivity contribution in [3.05, 3.63) is 69.1 Å². The highest BCUT2D eigenvalue weighted by atomic mass is 32.2. The summed E-state index contributed by atoms with van der Waals surface area (Å²) in [5.74, 6) is -0.204. The molecule has 0 fully saturated rings. The fraction of sp³-hybridized carbons (Fsp3) is 0. The molecule has 1 heterocycles. The summed E-state index contributed by atoms with van der Waals surface area (Å²) in [5.41, 5.74) is 1.41. The Morgan fingerprint density at radius 2 is 1.95 bits per heavy atom. The Labute approximate surface area is 124 Å². The largest absolute Gasteiger partial charge is 0.320 e. The molecule has 6 heteroatoms. The molecule has 0 aliphatic carbocycles. The van der Waals surface area contributed by atoms with Crippen molar-refractivity contribution in [1.82, 2.24) is 0 Å². The van der Waals surface area contributed by atoms with Crippen molar-refractivity contribution in [2.45, 2.75) is 4.90 Å². The Kier molecular flexibility index (Phi) is 3.45. The maximum absolute atomic E-state index is 12.0. The van der Waals surface area contributed by atoms with Gasteiger partial charge in [-0.15, -0.1) is 0 Å². The number of nitrogens with zero attached hydrogens (tertiary/aromatic N) is 1. The zero-order chi connectivity index (χ0) is 14.8. The summed E-state index contributed by atoms with van der Waals surface area (Å²) in [6, 6.07) is 13.7. The molecule has 104 valence electrons. The summed E-state index contributed by atoms with van der Waals surface area (Å²) in [6.07, 6.45) is 1.66. The van der Waals surface area contributed by atoms with Gasteiger partial charge >= 0.3 is 0 Å². The van der Waals surface area contributed by atoms with E-state index in [0.717, 1.165) is 10.6 Å². The lowest BCUT2D eigenvalue weighted by molar-refractivity contribution is -0.384. The minimum atomic E-state index is -0.453. The Bertz CT molecular complexity index is 771. The standard InChI is InChI=1S/C15H10N2O3S/c18-15-14(21-13-7-2-1-6-12(13)16-15)9-10-4-3-5-11(8-10)17(19)20/h1-9H,(H,16,18). The molecule has 0 bridgehead atoms. The SMILES string of the molecule is O=C1Nc2ccccc2SC1=Cc1cccc([N+](=O)[O-])c1. The minimum Gasteiger partial charge on any atom is -0.320 e. The highest BCUT2D eigenvalue weighted by molar-refractivity contribution is 8.04. The molecule has 2 aromatic rings. The number of nitro groups is 1. The summed E-state index contributed by atoms with van der Waals surface area (Å²) in [7, 11) is 0. The number of nitro benzene ring substituents is 1. The molecule has 1 aliphatic rings. The van der Waals surface area contributed by atoms with Gasteiger partial charge in [0.05, 0.1) is 15.5 Å². The molecule has 21 heavy (non-hydrogen) atoms. The first-order valence-electron chi connectivity index (χ1n) is 6.18. The minimum absolute atomic E-state index is 0.00553. The number of benzene rings is 2. The number of rotatable bonds is 2. The van der Waals surface area contributed by atoms with Gasteiger partial charge in [-0.05, 0) is 23.8 Å². The van der Waals surface area contributed by atoms with Gasteiger partial charge in [0.1, 0.15) is 0 Å². The second-order valence-electron chi connectivity index (χ2n) is 4.41. The molecule has 1 aliphatic heterocycles. The van der Waals surface area contributed by atoms with Crippen LogP contribution in [0.1, 0.15) is 5.56 Å². The van der Waals surface area contributed by atoms with E-state index in [4.69, 9.17) is 0 Å².